The van der Waals surface area contributed by atoms with Crippen molar-refractivity contribution in [2.75, 3.05) is 19.8 Å². The molecule has 0 N–H and O–H groups in total. The van der Waals surface area contributed by atoms with Crippen LogP contribution in [0.4, 0.5) is 0 Å². The highest BCUT2D eigenvalue weighted by Crippen LogP contribution is 2.15. The molecule has 0 unspecified atom stereocenters. The van der Waals surface area contributed by atoms with Gasteiger partial charge >= 0.3 is 11.9 Å². The summed E-state index contributed by atoms with van der Waals surface area (Å²) < 4.78 is 17.4. The largest absolute Gasteiger partial charge is 0.463 e. The molecule has 5 nitrogen and oxygen atoms in total. The number of esters is 2. The van der Waals surface area contributed by atoms with E-state index in [1.165, 1.54) is 148 Å². The van der Waals surface area contributed by atoms with Gasteiger partial charge in [0.1, 0.15) is 19.3 Å². The second kappa shape index (κ2) is 54.7. The van der Waals surface area contributed by atoms with Crippen LogP contribution in [0, 0.1) is 0 Å². The van der Waals surface area contributed by atoms with Crippen LogP contribution in [0.2, 0.25) is 0 Å². The number of unbranched alkanes of at least 4 members (excludes halogenated alkanes) is 27. The van der Waals surface area contributed by atoms with Crippen molar-refractivity contribution in [2.24, 2.45) is 0 Å². The van der Waals surface area contributed by atoms with Crippen molar-refractivity contribution in [1.29, 1.82) is 0 Å². The number of carbonyl (C=O) groups is 2. The lowest BCUT2D eigenvalue weighted by Crippen LogP contribution is -2.29. The first kappa shape index (κ1) is 61.3. The van der Waals surface area contributed by atoms with Crippen LogP contribution in [0.1, 0.15) is 265 Å². The summed E-state index contributed by atoms with van der Waals surface area (Å²) in [5, 5.41) is 0. The van der Waals surface area contributed by atoms with Crippen LogP contribution >= 0.6 is 0 Å². The molecule has 0 amide bonds. The predicted molar refractivity (Wildman–Crippen MR) is 279 cm³/mol. The molecule has 0 aliphatic rings. The van der Waals surface area contributed by atoms with Crippen molar-refractivity contribution in [2.45, 2.75) is 271 Å². The molecule has 0 heterocycles. The zero-order valence-corrected chi connectivity index (χ0v) is 42.5. The number of rotatable bonds is 50. The minimum atomic E-state index is -0.427. The fourth-order valence-electron chi connectivity index (χ4n) is 7.63. The van der Waals surface area contributed by atoms with Crippen LogP contribution in [0.5, 0.6) is 0 Å². The lowest BCUT2D eigenvalue weighted by Gasteiger charge is -2.18. The number of hydrogen-bond acceptors (Lipinski definition) is 5. The lowest BCUT2D eigenvalue weighted by atomic mass is 10.0. The molecule has 5 heteroatoms. The van der Waals surface area contributed by atoms with Crippen LogP contribution in [0.3, 0.4) is 0 Å². The monoisotopic (exact) mass is 893 g/mol. The van der Waals surface area contributed by atoms with E-state index in [4.69, 9.17) is 14.2 Å². The Morgan fingerprint density at radius 3 is 1.08 bits per heavy atom. The van der Waals surface area contributed by atoms with Crippen molar-refractivity contribution in [3.63, 3.8) is 0 Å². The molecule has 1 atom stereocenters. The smallest absolute Gasteiger partial charge is 0.305 e. The van der Waals surface area contributed by atoms with Crippen molar-refractivity contribution in [1.82, 2.24) is 0 Å². The predicted octanol–water partition coefficient (Wildman–Crippen LogP) is 18.7. The molecule has 0 radical (unpaired) electrons. The third kappa shape index (κ3) is 52.0. The minimum absolute atomic E-state index is 0.125. The first-order valence-corrected chi connectivity index (χ1v) is 27.5. The Balaban J connectivity index is 4.35. The SMILES string of the molecule is CC/C=C\C/C=C\C/C=C\C/C=C\C/C=C\CCCC(=O)OC[C@H](COC(=O)CCCCCCC/C=C\CCCCCCCC)OCCCCCCCCCCCCCCCCCC. The van der Waals surface area contributed by atoms with Gasteiger partial charge in [0.05, 0.1) is 0 Å². The molecule has 0 aliphatic heterocycles. The van der Waals surface area contributed by atoms with Gasteiger partial charge in [-0.2, -0.15) is 0 Å². The summed E-state index contributed by atoms with van der Waals surface area (Å²) in [7, 11) is 0. The highest BCUT2D eigenvalue weighted by Gasteiger charge is 2.16. The Labute approximate surface area is 397 Å². The van der Waals surface area contributed by atoms with E-state index in [-0.39, 0.29) is 25.2 Å². The third-order valence-corrected chi connectivity index (χ3v) is 11.8. The number of carbonyl (C=O) groups excluding carboxylic acids is 2. The van der Waals surface area contributed by atoms with Gasteiger partial charge in [-0.25, -0.2) is 0 Å². The van der Waals surface area contributed by atoms with E-state index in [1.54, 1.807) is 0 Å². The fourth-order valence-corrected chi connectivity index (χ4v) is 7.63. The second-order valence-electron chi connectivity index (χ2n) is 18.1. The highest BCUT2D eigenvalue weighted by atomic mass is 16.6. The number of ether oxygens (including phenoxy) is 3. The molecule has 0 saturated heterocycles. The third-order valence-electron chi connectivity index (χ3n) is 11.8. The Kier molecular flexibility index (Phi) is 52.4. The van der Waals surface area contributed by atoms with E-state index < -0.39 is 6.10 Å². The van der Waals surface area contributed by atoms with Gasteiger partial charge in [-0.1, -0.05) is 241 Å². The van der Waals surface area contributed by atoms with Gasteiger partial charge in [-0.05, 0) is 83.5 Å². The Bertz CT molecular complexity index is 1150. The highest BCUT2D eigenvalue weighted by molar-refractivity contribution is 5.69. The maximum absolute atomic E-state index is 12.6. The van der Waals surface area contributed by atoms with Crippen LogP contribution in [0.15, 0.2) is 72.9 Å². The normalized spacial score (nSPS) is 12.7. The van der Waals surface area contributed by atoms with E-state index >= 15 is 0 Å². The minimum Gasteiger partial charge on any atom is -0.463 e. The van der Waals surface area contributed by atoms with E-state index in [2.05, 4.69) is 93.7 Å². The van der Waals surface area contributed by atoms with Gasteiger partial charge < -0.3 is 14.2 Å². The Hall–Kier alpha value is -2.66. The second-order valence-corrected chi connectivity index (χ2v) is 18.1. The van der Waals surface area contributed by atoms with Gasteiger partial charge in [0.25, 0.3) is 0 Å². The molecule has 0 aromatic heterocycles. The molecular formula is C59H104O5. The summed E-state index contributed by atoms with van der Waals surface area (Å²) >= 11 is 0. The molecular weight excluding hydrogens is 789 g/mol. The van der Waals surface area contributed by atoms with Gasteiger partial charge in [0.15, 0.2) is 0 Å². The maximum Gasteiger partial charge on any atom is 0.305 e. The maximum atomic E-state index is 12.6. The topological polar surface area (TPSA) is 61.8 Å². The molecule has 0 fully saturated rings. The average molecular weight is 893 g/mol. The van der Waals surface area contributed by atoms with Gasteiger partial charge in [-0.3, -0.25) is 9.59 Å². The molecule has 0 bridgehead atoms. The molecule has 370 valence electrons. The van der Waals surface area contributed by atoms with E-state index in [0.29, 0.717) is 19.4 Å². The first-order chi connectivity index (χ1) is 31.6. The Morgan fingerprint density at radius 2 is 0.656 bits per heavy atom. The molecule has 0 aromatic carbocycles. The van der Waals surface area contributed by atoms with E-state index in [1.807, 2.05) is 0 Å². The molecule has 0 aromatic rings. The zero-order valence-electron chi connectivity index (χ0n) is 42.5. The van der Waals surface area contributed by atoms with Crippen molar-refractivity contribution >= 4 is 11.9 Å². The van der Waals surface area contributed by atoms with Crippen LogP contribution in [0.25, 0.3) is 0 Å². The molecule has 0 saturated carbocycles. The summed E-state index contributed by atoms with van der Waals surface area (Å²) in [4.78, 5) is 25.2. The zero-order chi connectivity index (χ0) is 46.3. The molecule has 0 aliphatic carbocycles. The van der Waals surface area contributed by atoms with Crippen molar-refractivity contribution in [3.05, 3.63) is 72.9 Å². The quantitative estimate of drug-likeness (QED) is 0.0346. The summed E-state index contributed by atoms with van der Waals surface area (Å²) in [6, 6.07) is 0. The number of hydrogen-bond donors (Lipinski definition) is 0. The summed E-state index contributed by atoms with van der Waals surface area (Å²) in [5.41, 5.74) is 0. The van der Waals surface area contributed by atoms with Crippen LogP contribution in [-0.2, 0) is 23.8 Å². The van der Waals surface area contributed by atoms with E-state index in [9.17, 15) is 9.59 Å². The molecule has 0 rings (SSSR count). The summed E-state index contributed by atoms with van der Waals surface area (Å²) in [6.45, 7) is 7.57. The van der Waals surface area contributed by atoms with Gasteiger partial charge in [0.2, 0.25) is 0 Å². The van der Waals surface area contributed by atoms with E-state index in [0.717, 1.165) is 83.5 Å². The number of allylic oxidation sites excluding steroid dienone is 12. The lowest BCUT2D eigenvalue weighted by molar-refractivity contribution is -0.155. The average Bonchev–Trinajstić information content (AvgIpc) is 3.30. The van der Waals surface area contributed by atoms with Crippen molar-refractivity contribution < 1.29 is 23.8 Å². The van der Waals surface area contributed by atoms with Crippen LogP contribution < -0.4 is 0 Å². The summed E-state index contributed by atoms with van der Waals surface area (Å²) in [5.74, 6) is -0.403. The molecule has 0 spiro atoms. The first-order valence-electron chi connectivity index (χ1n) is 27.5. The van der Waals surface area contributed by atoms with Gasteiger partial charge in [-0.15, -0.1) is 0 Å². The van der Waals surface area contributed by atoms with Crippen LogP contribution in [-0.4, -0.2) is 37.9 Å². The van der Waals surface area contributed by atoms with Gasteiger partial charge in [0, 0.05) is 19.4 Å². The molecule has 64 heavy (non-hydrogen) atoms. The summed E-state index contributed by atoms with van der Waals surface area (Å²) in [6.07, 6.45) is 70.8. The fraction of sp³-hybridized carbons (Fsp3) is 0.763. The Morgan fingerprint density at radius 1 is 0.344 bits per heavy atom. The standard InChI is InChI=1S/C59H104O5/c1-4-7-10-13-16-19-22-25-28-30-32-35-38-41-44-47-50-53-59(61)64-56-57(62-54-51-48-45-42-39-36-33-29-26-23-20-17-14-11-8-5-2)55-63-58(60)52-49-46-43-40-37-34-31-27-24-21-18-15-12-9-6-3/h7,10,16,19,25,27-28,31-32,35,41,44,57H,4-6,8-9,11-15,17-18,20-24,26,29-30,33-34,36-40,42-43,45-56H2,1-3H3/b10-7-,19-16-,28-25-,31-27-,35-32-,44-41-/t57-/m0/s1. The van der Waals surface area contributed by atoms with Crippen molar-refractivity contribution in [3.8, 4) is 0 Å².